The van der Waals surface area contributed by atoms with E-state index < -0.39 is 5.91 Å². The third kappa shape index (κ3) is 3.41. The number of rotatable bonds is 5. The minimum absolute atomic E-state index is 0.157. The lowest BCUT2D eigenvalue weighted by Gasteiger charge is -2.12. The topological polar surface area (TPSA) is 102 Å². The summed E-state index contributed by atoms with van der Waals surface area (Å²) in [5.41, 5.74) is 1.29. The number of fused-ring (bicyclic) bond motifs is 1. The van der Waals surface area contributed by atoms with Crippen molar-refractivity contribution in [2.24, 2.45) is 0 Å². The number of imide groups is 1. The molecule has 1 saturated heterocycles. The zero-order valence-electron chi connectivity index (χ0n) is 14.4. The van der Waals surface area contributed by atoms with Crippen molar-refractivity contribution >= 4 is 45.2 Å². The van der Waals surface area contributed by atoms with E-state index >= 15 is 0 Å². The molecule has 1 aliphatic rings. The molecule has 0 bridgehead atoms. The van der Waals surface area contributed by atoms with Crippen molar-refractivity contribution in [2.75, 3.05) is 19.0 Å². The van der Waals surface area contributed by atoms with Crippen LogP contribution in [0, 0.1) is 0 Å². The zero-order chi connectivity index (χ0) is 19.0. The normalized spacial score (nSPS) is 14.2. The summed E-state index contributed by atoms with van der Waals surface area (Å²) in [7, 11) is 1.60. The van der Waals surface area contributed by atoms with E-state index in [1.165, 1.54) is 11.3 Å². The molecule has 27 heavy (non-hydrogen) atoms. The number of nitrogens with zero attached hydrogens (tertiary/aromatic N) is 2. The number of carbonyl (C=O) groups is 3. The quantitative estimate of drug-likeness (QED) is 0.678. The molecule has 0 spiro atoms. The van der Waals surface area contributed by atoms with Crippen LogP contribution in [0.1, 0.15) is 12.8 Å². The first-order valence-corrected chi connectivity index (χ1v) is 9.08. The van der Waals surface area contributed by atoms with Crippen LogP contribution in [0.15, 0.2) is 34.1 Å². The van der Waals surface area contributed by atoms with Crippen molar-refractivity contribution in [1.82, 2.24) is 9.88 Å². The summed E-state index contributed by atoms with van der Waals surface area (Å²) < 4.78 is 11.0. The van der Waals surface area contributed by atoms with Crippen LogP contribution in [0.5, 0.6) is 5.75 Å². The van der Waals surface area contributed by atoms with Gasteiger partial charge in [0.25, 0.3) is 0 Å². The van der Waals surface area contributed by atoms with Crippen molar-refractivity contribution in [1.29, 1.82) is 0 Å². The Balaban J connectivity index is 1.47. The van der Waals surface area contributed by atoms with Crippen molar-refractivity contribution in [3.05, 3.63) is 29.6 Å². The van der Waals surface area contributed by atoms with Crippen LogP contribution in [0.4, 0.5) is 5.13 Å². The van der Waals surface area contributed by atoms with Gasteiger partial charge >= 0.3 is 0 Å². The Hall–Kier alpha value is -3.20. The van der Waals surface area contributed by atoms with E-state index in [9.17, 15) is 14.4 Å². The fourth-order valence-electron chi connectivity index (χ4n) is 2.82. The number of anilines is 1. The average Bonchev–Trinajstić information content (AvgIpc) is 3.36. The van der Waals surface area contributed by atoms with Crippen LogP contribution in [0.3, 0.4) is 0 Å². The monoisotopic (exact) mass is 385 g/mol. The Morgan fingerprint density at radius 3 is 2.81 bits per heavy atom. The molecule has 1 aromatic carbocycles. The Morgan fingerprint density at radius 1 is 1.30 bits per heavy atom. The summed E-state index contributed by atoms with van der Waals surface area (Å²) in [6.07, 6.45) is 0.314. The lowest BCUT2D eigenvalue weighted by Crippen LogP contribution is -2.36. The fourth-order valence-corrected chi connectivity index (χ4v) is 3.54. The second-order valence-electron chi connectivity index (χ2n) is 5.97. The van der Waals surface area contributed by atoms with E-state index in [4.69, 9.17) is 9.15 Å². The SMILES string of the molecule is COc1ccc2oc(-c3csc(NC(=O)CN4C(=O)CCC4=O)n3)cc2c1. The predicted molar refractivity (Wildman–Crippen MR) is 98.5 cm³/mol. The molecule has 3 aromatic rings. The third-order valence-corrected chi connectivity index (χ3v) is 4.94. The number of methoxy groups -OCH3 is 1. The van der Waals surface area contributed by atoms with E-state index in [2.05, 4.69) is 10.3 Å². The van der Waals surface area contributed by atoms with Gasteiger partial charge in [0.2, 0.25) is 17.7 Å². The van der Waals surface area contributed by atoms with Crippen LogP contribution in [0.2, 0.25) is 0 Å². The van der Waals surface area contributed by atoms with Gasteiger partial charge in [-0.3, -0.25) is 19.3 Å². The van der Waals surface area contributed by atoms with Gasteiger partial charge in [0.05, 0.1) is 7.11 Å². The highest BCUT2D eigenvalue weighted by Crippen LogP contribution is 2.31. The number of hydrogen-bond donors (Lipinski definition) is 1. The molecule has 0 aliphatic carbocycles. The molecule has 0 saturated carbocycles. The zero-order valence-corrected chi connectivity index (χ0v) is 15.2. The van der Waals surface area contributed by atoms with Gasteiger partial charge in [-0.25, -0.2) is 4.98 Å². The molecule has 0 radical (unpaired) electrons. The third-order valence-electron chi connectivity index (χ3n) is 4.18. The van der Waals surface area contributed by atoms with Gasteiger partial charge in [-0.05, 0) is 24.3 Å². The average molecular weight is 385 g/mol. The highest BCUT2D eigenvalue weighted by Gasteiger charge is 2.30. The minimum atomic E-state index is -0.464. The predicted octanol–water partition coefficient (Wildman–Crippen LogP) is 2.65. The maximum absolute atomic E-state index is 12.1. The lowest BCUT2D eigenvalue weighted by molar-refractivity contribution is -0.141. The molecule has 0 atom stereocenters. The standard InChI is InChI=1S/C18H15N3O5S/c1-25-11-2-3-13-10(6-11)7-14(26-13)12-9-27-18(19-12)20-15(22)8-21-16(23)4-5-17(21)24/h2-3,6-7,9H,4-5,8H2,1H3,(H,19,20,22). The van der Waals surface area contributed by atoms with Crippen molar-refractivity contribution in [3.8, 4) is 17.2 Å². The number of carbonyl (C=O) groups excluding carboxylic acids is 3. The second kappa shape index (κ2) is 6.84. The summed E-state index contributed by atoms with van der Waals surface area (Å²) in [5, 5.41) is 5.62. The van der Waals surface area contributed by atoms with Gasteiger partial charge in [0.1, 0.15) is 23.6 Å². The van der Waals surface area contributed by atoms with Crippen molar-refractivity contribution in [3.63, 3.8) is 0 Å². The highest BCUT2D eigenvalue weighted by atomic mass is 32.1. The van der Waals surface area contributed by atoms with Gasteiger partial charge in [-0.2, -0.15) is 0 Å². The van der Waals surface area contributed by atoms with Gasteiger partial charge in [0.15, 0.2) is 10.9 Å². The molecule has 3 amide bonds. The molecule has 2 aromatic heterocycles. The first-order valence-electron chi connectivity index (χ1n) is 8.20. The molecular weight excluding hydrogens is 370 g/mol. The van der Waals surface area contributed by atoms with Crippen LogP contribution in [-0.2, 0) is 14.4 Å². The first kappa shape index (κ1) is 17.2. The number of amides is 3. The maximum atomic E-state index is 12.1. The molecule has 3 heterocycles. The Kier molecular flexibility index (Phi) is 4.36. The second-order valence-corrected chi connectivity index (χ2v) is 6.83. The van der Waals surface area contributed by atoms with E-state index in [0.717, 1.165) is 16.0 Å². The van der Waals surface area contributed by atoms with Crippen LogP contribution in [0.25, 0.3) is 22.4 Å². The molecule has 138 valence electrons. The molecule has 0 unspecified atom stereocenters. The van der Waals surface area contributed by atoms with E-state index in [1.807, 2.05) is 24.3 Å². The van der Waals surface area contributed by atoms with Crippen molar-refractivity contribution < 1.29 is 23.5 Å². The summed E-state index contributed by atoms with van der Waals surface area (Å²) in [6, 6.07) is 7.33. The molecule has 9 heteroatoms. The Morgan fingerprint density at radius 2 is 2.07 bits per heavy atom. The largest absolute Gasteiger partial charge is 0.497 e. The summed E-state index contributed by atoms with van der Waals surface area (Å²) in [5.74, 6) is 0.182. The number of aromatic nitrogens is 1. The van der Waals surface area contributed by atoms with Gasteiger partial charge < -0.3 is 14.5 Å². The van der Waals surface area contributed by atoms with E-state index in [1.54, 1.807) is 12.5 Å². The van der Waals surface area contributed by atoms with Crippen molar-refractivity contribution in [2.45, 2.75) is 12.8 Å². The molecule has 8 nitrogen and oxygen atoms in total. The minimum Gasteiger partial charge on any atom is -0.497 e. The summed E-state index contributed by atoms with van der Waals surface area (Å²) >= 11 is 1.23. The smallest absolute Gasteiger partial charge is 0.246 e. The molecule has 1 aliphatic heterocycles. The van der Waals surface area contributed by atoms with Crippen LogP contribution >= 0.6 is 11.3 Å². The number of ether oxygens (including phenoxy) is 1. The Bertz CT molecular complexity index is 1040. The van der Waals surface area contributed by atoms with Crippen LogP contribution < -0.4 is 10.1 Å². The number of furan rings is 1. The van der Waals surface area contributed by atoms with E-state index in [-0.39, 0.29) is 31.2 Å². The number of nitrogens with one attached hydrogen (secondary N) is 1. The van der Waals surface area contributed by atoms with Gasteiger partial charge in [0, 0.05) is 23.6 Å². The number of likely N-dealkylation sites (tertiary alicyclic amines) is 1. The Labute approximate surface area is 157 Å². The highest BCUT2D eigenvalue weighted by molar-refractivity contribution is 7.14. The van der Waals surface area contributed by atoms with E-state index in [0.29, 0.717) is 22.2 Å². The molecule has 1 fully saturated rings. The summed E-state index contributed by atoms with van der Waals surface area (Å²) in [4.78, 5) is 40.6. The number of thiazole rings is 1. The fraction of sp³-hybridized carbons (Fsp3) is 0.222. The number of hydrogen-bond acceptors (Lipinski definition) is 7. The van der Waals surface area contributed by atoms with Crippen LogP contribution in [-0.4, -0.2) is 41.3 Å². The molecule has 4 rings (SSSR count). The first-order chi connectivity index (χ1) is 13.0. The number of benzene rings is 1. The van der Waals surface area contributed by atoms with Gasteiger partial charge in [-0.15, -0.1) is 11.3 Å². The molecule has 1 N–H and O–H groups in total. The maximum Gasteiger partial charge on any atom is 0.246 e. The lowest BCUT2D eigenvalue weighted by atomic mass is 10.2. The summed E-state index contributed by atoms with van der Waals surface area (Å²) in [6.45, 7) is -0.295. The van der Waals surface area contributed by atoms with Gasteiger partial charge in [-0.1, -0.05) is 0 Å². The molecular formula is C18H15N3O5S.